The molecule has 1 aromatic rings. The van der Waals surface area contributed by atoms with Gasteiger partial charge in [0.1, 0.15) is 6.54 Å². The minimum absolute atomic E-state index is 0.194. The Morgan fingerprint density at radius 2 is 2.06 bits per heavy atom. The molecule has 17 heavy (non-hydrogen) atoms. The van der Waals surface area contributed by atoms with E-state index in [9.17, 15) is 4.79 Å². The SMILES string of the molecule is C/C=C/CN(CC(=O)OCC)c1ccccc1. The van der Waals surface area contributed by atoms with Gasteiger partial charge in [-0.15, -0.1) is 0 Å². The lowest BCUT2D eigenvalue weighted by atomic mass is 10.3. The summed E-state index contributed by atoms with van der Waals surface area (Å²) >= 11 is 0. The number of esters is 1. The summed E-state index contributed by atoms with van der Waals surface area (Å²) in [5, 5.41) is 0. The van der Waals surface area contributed by atoms with Gasteiger partial charge >= 0.3 is 5.97 Å². The highest BCUT2D eigenvalue weighted by Crippen LogP contribution is 2.12. The summed E-state index contributed by atoms with van der Waals surface area (Å²) in [5.74, 6) is -0.194. The molecule has 0 heterocycles. The third kappa shape index (κ3) is 4.72. The van der Waals surface area contributed by atoms with Crippen molar-refractivity contribution in [3.63, 3.8) is 0 Å². The zero-order valence-corrected chi connectivity index (χ0v) is 10.4. The molecule has 0 aliphatic carbocycles. The Kier molecular flexibility index (Phi) is 5.86. The number of nitrogens with zero attached hydrogens (tertiary/aromatic N) is 1. The van der Waals surface area contributed by atoms with E-state index in [1.54, 1.807) is 0 Å². The van der Waals surface area contributed by atoms with Crippen LogP contribution in [0.1, 0.15) is 13.8 Å². The first kappa shape index (κ1) is 13.3. The number of allylic oxidation sites excluding steroid dienone is 1. The van der Waals surface area contributed by atoms with Crippen LogP contribution >= 0.6 is 0 Å². The predicted octanol–water partition coefficient (Wildman–Crippen LogP) is 2.63. The van der Waals surface area contributed by atoms with Crippen molar-refractivity contribution in [2.45, 2.75) is 13.8 Å². The van der Waals surface area contributed by atoms with E-state index in [2.05, 4.69) is 0 Å². The van der Waals surface area contributed by atoms with Crippen LogP contribution in [0, 0.1) is 0 Å². The van der Waals surface area contributed by atoms with Gasteiger partial charge in [0, 0.05) is 12.2 Å². The highest BCUT2D eigenvalue weighted by molar-refractivity contribution is 5.75. The van der Waals surface area contributed by atoms with E-state index in [-0.39, 0.29) is 12.5 Å². The van der Waals surface area contributed by atoms with Gasteiger partial charge in [0.05, 0.1) is 6.61 Å². The minimum atomic E-state index is -0.194. The van der Waals surface area contributed by atoms with E-state index in [4.69, 9.17) is 4.74 Å². The van der Waals surface area contributed by atoms with Crippen LogP contribution in [0.5, 0.6) is 0 Å². The molecule has 0 aromatic heterocycles. The summed E-state index contributed by atoms with van der Waals surface area (Å²) in [6.45, 7) is 5.19. The van der Waals surface area contributed by atoms with Crippen molar-refractivity contribution < 1.29 is 9.53 Å². The standard InChI is InChI=1S/C14H19NO2/c1-3-5-11-15(12-14(16)17-4-2)13-9-7-6-8-10-13/h3,5-10H,4,11-12H2,1-2H3/b5-3+. The second kappa shape index (κ2) is 7.49. The quantitative estimate of drug-likeness (QED) is 0.559. The van der Waals surface area contributed by atoms with E-state index in [1.165, 1.54) is 0 Å². The molecular formula is C14H19NO2. The van der Waals surface area contributed by atoms with Crippen molar-refractivity contribution in [3.8, 4) is 0 Å². The molecule has 1 aromatic carbocycles. The van der Waals surface area contributed by atoms with E-state index in [1.807, 2.05) is 61.2 Å². The lowest BCUT2D eigenvalue weighted by Gasteiger charge is -2.22. The fourth-order valence-corrected chi connectivity index (χ4v) is 1.50. The Hall–Kier alpha value is -1.77. The lowest BCUT2D eigenvalue weighted by Crippen LogP contribution is -2.31. The van der Waals surface area contributed by atoms with Crippen LogP contribution in [0.15, 0.2) is 42.5 Å². The Balaban J connectivity index is 2.70. The van der Waals surface area contributed by atoms with Crippen LogP contribution in [0.4, 0.5) is 5.69 Å². The van der Waals surface area contributed by atoms with Crippen LogP contribution in [-0.4, -0.2) is 25.7 Å². The largest absolute Gasteiger partial charge is 0.465 e. The third-order valence-electron chi connectivity index (χ3n) is 2.31. The molecule has 0 spiro atoms. The summed E-state index contributed by atoms with van der Waals surface area (Å²) < 4.78 is 4.97. The Morgan fingerprint density at radius 1 is 1.35 bits per heavy atom. The van der Waals surface area contributed by atoms with Crippen LogP contribution < -0.4 is 4.90 Å². The molecule has 0 saturated carbocycles. The van der Waals surface area contributed by atoms with Gasteiger partial charge in [-0.25, -0.2) is 0 Å². The van der Waals surface area contributed by atoms with Crippen molar-refractivity contribution in [1.82, 2.24) is 0 Å². The fourth-order valence-electron chi connectivity index (χ4n) is 1.50. The molecule has 0 N–H and O–H groups in total. The summed E-state index contributed by atoms with van der Waals surface area (Å²) in [6.07, 6.45) is 3.99. The molecule has 0 amide bonds. The van der Waals surface area contributed by atoms with Crippen molar-refractivity contribution in [2.75, 3.05) is 24.6 Å². The topological polar surface area (TPSA) is 29.5 Å². The first-order valence-electron chi connectivity index (χ1n) is 5.84. The molecule has 0 fully saturated rings. The van der Waals surface area contributed by atoms with Crippen LogP contribution in [0.2, 0.25) is 0 Å². The first-order chi connectivity index (χ1) is 8.27. The second-order valence-electron chi connectivity index (χ2n) is 3.59. The van der Waals surface area contributed by atoms with Gasteiger partial charge in [-0.3, -0.25) is 4.79 Å². The van der Waals surface area contributed by atoms with E-state index >= 15 is 0 Å². The Labute approximate surface area is 103 Å². The molecule has 1 rings (SSSR count). The molecule has 0 bridgehead atoms. The predicted molar refractivity (Wildman–Crippen MR) is 70.1 cm³/mol. The molecule has 3 nitrogen and oxygen atoms in total. The van der Waals surface area contributed by atoms with E-state index in [0.29, 0.717) is 13.2 Å². The number of ether oxygens (including phenoxy) is 1. The first-order valence-corrected chi connectivity index (χ1v) is 5.84. The van der Waals surface area contributed by atoms with Crippen molar-refractivity contribution in [3.05, 3.63) is 42.5 Å². The zero-order chi connectivity index (χ0) is 12.5. The molecule has 0 aliphatic rings. The van der Waals surface area contributed by atoms with Gasteiger partial charge in [0.15, 0.2) is 0 Å². The molecule has 0 saturated heterocycles. The number of rotatable bonds is 6. The molecule has 3 heteroatoms. The summed E-state index contributed by atoms with van der Waals surface area (Å²) in [7, 11) is 0. The fraction of sp³-hybridized carbons (Fsp3) is 0.357. The molecular weight excluding hydrogens is 214 g/mol. The molecule has 0 aliphatic heterocycles. The number of carbonyl (C=O) groups excluding carboxylic acids is 1. The Morgan fingerprint density at radius 3 is 2.65 bits per heavy atom. The van der Waals surface area contributed by atoms with Gasteiger partial charge in [-0.05, 0) is 26.0 Å². The third-order valence-corrected chi connectivity index (χ3v) is 2.31. The highest BCUT2D eigenvalue weighted by Gasteiger charge is 2.10. The van der Waals surface area contributed by atoms with Gasteiger partial charge in [-0.1, -0.05) is 30.4 Å². The zero-order valence-electron chi connectivity index (χ0n) is 10.4. The highest BCUT2D eigenvalue weighted by atomic mass is 16.5. The number of anilines is 1. The van der Waals surface area contributed by atoms with Gasteiger partial charge in [-0.2, -0.15) is 0 Å². The molecule has 0 unspecified atom stereocenters. The maximum absolute atomic E-state index is 11.5. The molecule has 0 atom stereocenters. The van der Waals surface area contributed by atoms with Crippen LogP contribution in [0.25, 0.3) is 0 Å². The average Bonchev–Trinajstić information content (AvgIpc) is 2.36. The van der Waals surface area contributed by atoms with Gasteiger partial charge in [0.25, 0.3) is 0 Å². The van der Waals surface area contributed by atoms with Gasteiger partial charge < -0.3 is 9.64 Å². The van der Waals surface area contributed by atoms with Crippen molar-refractivity contribution in [1.29, 1.82) is 0 Å². The van der Waals surface area contributed by atoms with E-state index < -0.39 is 0 Å². The lowest BCUT2D eigenvalue weighted by molar-refractivity contribution is -0.141. The minimum Gasteiger partial charge on any atom is -0.465 e. The maximum atomic E-state index is 11.5. The van der Waals surface area contributed by atoms with Crippen LogP contribution in [0.3, 0.4) is 0 Å². The summed E-state index contributed by atoms with van der Waals surface area (Å²) in [6, 6.07) is 9.86. The van der Waals surface area contributed by atoms with Crippen molar-refractivity contribution in [2.24, 2.45) is 0 Å². The number of carbonyl (C=O) groups is 1. The molecule has 92 valence electrons. The van der Waals surface area contributed by atoms with E-state index in [0.717, 1.165) is 5.69 Å². The summed E-state index contributed by atoms with van der Waals surface area (Å²) in [5.41, 5.74) is 1.03. The van der Waals surface area contributed by atoms with Crippen molar-refractivity contribution >= 4 is 11.7 Å². The Bertz CT molecular complexity index is 360. The monoisotopic (exact) mass is 233 g/mol. The smallest absolute Gasteiger partial charge is 0.325 e. The number of hydrogen-bond acceptors (Lipinski definition) is 3. The maximum Gasteiger partial charge on any atom is 0.325 e. The van der Waals surface area contributed by atoms with Crippen LogP contribution in [-0.2, 0) is 9.53 Å². The summed E-state index contributed by atoms with van der Waals surface area (Å²) in [4.78, 5) is 13.5. The number of hydrogen-bond donors (Lipinski definition) is 0. The number of para-hydroxylation sites is 1. The number of benzene rings is 1. The average molecular weight is 233 g/mol. The normalized spacial score (nSPS) is 10.5. The molecule has 0 radical (unpaired) electrons. The second-order valence-corrected chi connectivity index (χ2v) is 3.59. The van der Waals surface area contributed by atoms with Gasteiger partial charge in [0.2, 0.25) is 0 Å².